The Morgan fingerprint density at radius 3 is 3.13 bits per heavy atom. The molecule has 2 heterocycles. The van der Waals surface area contributed by atoms with Gasteiger partial charge in [-0.3, -0.25) is 4.79 Å². The molecule has 0 fully saturated rings. The Morgan fingerprint density at radius 1 is 1.60 bits per heavy atom. The van der Waals surface area contributed by atoms with Crippen LogP contribution in [0.1, 0.15) is 17.7 Å². The van der Waals surface area contributed by atoms with Gasteiger partial charge in [0, 0.05) is 12.6 Å². The van der Waals surface area contributed by atoms with Crippen molar-refractivity contribution in [2.75, 3.05) is 0 Å². The maximum atomic E-state index is 10.5. The number of imidazole rings is 1. The fraction of sp³-hybridized carbons (Fsp3) is 0.273. The minimum absolute atomic E-state index is 0.126. The second-order valence-corrected chi connectivity index (χ2v) is 3.53. The number of fused-ring (bicyclic) bond motifs is 1. The third-order valence-corrected chi connectivity index (χ3v) is 2.41. The van der Waals surface area contributed by atoms with E-state index in [1.807, 2.05) is 29.7 Å². The molecule has 0 aliphatic heterocycles. The number of aromatic nitrogens is 2. The van der Waals surface area contributed by atoms with Crippen molar-refractivity contribution in [3.63, 3.8) is 0 Å². The molecule has 0 saturated heterocycles. The zero-order chi connectivity index (χ0) is 10.8. The minimum Gasteiger partial charge on any atom is -0.481 e. The van der Waals surface area contributed by atoms with Gasteiger partial charge in [-0.15, -0.1) is 0 Å². The van der Waals surface area contributed by atoms with E-state index in [0.29, 0.717) is 6.42 Å². The fourth-order valence-corrected chi connectivity index (χ4v) is 1.71. The Kier molecular flexibility index (Phi) is 2.41. The quantitative estimate of drug-likeness (QED) is 0.827. The van der Waals surface area contributed by atoms with E-state index in [1.54, 1.807) is 6.33 Å². The second kappa shape index (κ2) is 3.73. The fourth-order valence-electron chi connectivity index (χ4n) is 1.71. The Balaban J connectivity index is 2.39. The molecule has 4 heteroatoms. The van der Waals surface area contributed by atoms with Crippen LogP contribution in [0.4, 0.5) is 0 Å². The maximum absolute atomic E-state index is 10.5. The SMILES string of the molecule is Cc1cccn2cnc(CCC(=O)O)c12. The number of carbonyl (C=O) groups is 1. The Bertz CT molecular complexity index is 502. The van der Waals surface area contributed by atoms with Gasteiger partial charge in [0.15, 0.2) is 0 Å². The van der Waals surface area contributed by atoms with Gasteiger partial charge in [0.25, 0.3) is 0 Å². The van der Waals surface area contributed by atoms with Crippen LogP contribution < -0.4 is 0 Å². The lowest BCUT2D eigenvalue weighted by Crippen LogP contribution is -1.98. The van der Waals surface area contributed by atoms with Crippen LogP contribution in [0.5, 0.6) is 0 Å². The molecule has 0 aromatic carbocycles. The lowest BCUT2D eigenvalue weighted by Gasteiger charge is -2.00. The van der Waals surface area contributed by atoms with Crippen molar-refractivity contribution in [2.24, 2.45) is 0 Å². The topological polar surface area (TPSA) is 54.6 Å². The third kappa shape index (κ3) is 1.83. The molecule has 78 valence electrons. The number of carboxylic acids is 1. The van der Waals surface area contributed by atoms with E-state index in [-0.39, 0.29) is 6.42 Å². The van der Waals surface area contributed by atoms with Crippen LogP contribution >= 0.6 is 0 Å². The van der Waals surface area contributed by atoms with Crippen LogP contribution in [0.25, 0.3) is 5.52 Å². The van der Waals surface area contributed by atoms with Gasteiger partial charge in [0.1, 0.15) is 0 Å². The molecular weight excluding hydrogens is 192 g/mol. The molecule has 2 aromatic heterocycles. The molecule has 0 atom stereocenters. The van der Waals surface area contributed by atoms with Crippen LogP contribution in [-0.2, 0) is 11.2 Å². The summed E-state index contributed by atoms with van der Waals surface area (Å²) in [6.45, 7) is 2.00. The van der Waals surface area contributed by atoms with Crippen molar-refractivity contribution in [1.82, 2.24) is 9.38 Å². The molecule has 0 spiro atoms. The highest BCUT2D eigenvalue weighted by Crippen LogP contribution is 2.15. The normalized spacial score (nSPS) is 10.7. The predicted molar refractivity (Wildman–Crippen MR) is 55.9 cm³/mol. The van der Waals surface area contributed by atoms with E-state index in [2.05, 4.69) is 4.98 Å². The monoisotopic (exact) mass is 204 g/mol. The molecule has 0 amide bonds. The molecule has 0 aliphatic rings. The summed E-state index contributed by atoms with van der Waals surface area (Å²) >= 11 is 0. The smallest absolute Gasteiger partial charge is 0.303 e. The standard InChI is InChI=1S/C11H12N2O2/c1-8-3-2-6-13-7-12-9(11(8)13)4-5-10(14)15/h2-3,6-7H,4-5H2,1H3,(H,14,15). The number of nitrogens with zero attached hydrogens (tertiary/aromatic N) is 2. The molecule has 0 bridgehead atoms. The largest absolute Gasteiger partial charge is 0.481 e. The van der Waals surface area contributed by atoms with Crippen molar-refractivity contribution >= 4 is 11.5 Å². The highest BCUT2D eigenvalue weighted by molar-refractivity contribution is 5.68. The van der Waals surface area contributed by atoms with Gasteiger partial charge >= 0.3 is 5.97 Å². The van der Waals surface area contributed by atoms with E-state index >= 15 is 0 Å². The van der Waals surface area contributed by atoms with E-state index in [0.717, 1.165) is 16.8 Å². The Morgan fingerprint density at radius 2 is 2.40 bits per heavy atom. The molecule has 15 heavy (non-hydrogen) atoms. The first-order valence-electron chi connectivity index (χ1n) is 4.81. The summed E-state index contributed by atoms with van der Waals surface area (Å²) in [6.07, 6.45) is 4.25. The third-order valence-electron chi connectivity index (χ3n) is 2.41. The van der Waals surface area contributed by atoms with Crippen LogP contribution in [0.15, 0.2) is 24.7 Å². The summed E-state index contributed by atoms with van der Waals surface area (Å²) in [4.78, 5) is 14.7. The highest BCUT2D eigenvalue weighted by Gasteiger charge is 2.08. The van der Waals surface area contributed by atoms with Gasteiger partial charge in [-0.05, 0) is 18.6 Å². The van der Waals surface area contributed by atoms with Gasteiger partial charge < -0.3 is 9.51 Å². The molecule has 0 aliphatic carbocycles. The van der Waals surface area contributed by atoms with Crippen LogP contribution in [0.2, 0.25) is 0 Å². The molecular formula is C11H12N2O2. The van der Waals surface area contributed by atoms with E-state index in [4.69, 9.17) is 5.11 Å². The van der Waals surface area contributed by atoms with Crippen molar-refractivity contribution in [3.05, 3.63) is 35.9 Å². The minimum atomic E-state index is -0.787. The van der Waals surface area contributed by atoms with Crippen LogP contribution in [0.3, 0.4) is 0 Å². The summed E-state index contributed by atoms with van der Waals surface area (Å²) in [7, 11) is 0. The first-order valence-corrected chi connectivity index (χ1v) is 4.81. The van der Waals surface area contributed by atoms with Gasteiger partial charge in [-0.25, -0.2) is 4.98 Å². The van der Waals surface area contributed by atoms with Crippen LogP contribution in [-0.4, -0.2) is 20.5 Å². The molecule has 4 nitrogen and oxygen atoms in total. The molecule has 0 saturated carbocycles. The summed E-state index contributed by atoms with van der Waals surface area (Å²) in [5.41, 5.74) is 3.00. The molecule has 2 aromatic rings. The van der Waals surface area contributed by atoms with E-state index < -0.39 is 5.97 Å². The number of hydrogen-bond acceptors (Lipinski definition) is 2. The molecule has 2 rings (SSSR count). The lowest BCUT2D eigenvalue weighted by molar-refractivity contribution is -0.136. The van der Waals surface area contributed by atoms with Gasteiger partial charge in [-0.2, -0.15) is 0 Å². The van der Waals surface area contributed by atoms with Crippen molar-refractivity contribution < 1.29 is 9.90 Å². The number of rotatable bonds is 3. The van der Waals surface area contributed by atoms with E-state index in [1.165, 1.54) is 0 Å². The summed E-state index contributed by atoms with van der Waals surface area (Å²) in [5.74, 6) is -0.787. The number of hydrogen-bond donors (Lipinski definition) is 1. The number of pyridine rings is 1. The number of aryl methyl sites for hydroxylation is 2. The maximum Gasteiger partial charge on any atom is 0.303 e. The highest BCUT2D eigenvalue weighted by atomic mass is 16.4. The zero-order valence-electron chi connectivity index (χ0n) is 8.47. The molecule has 0 unspecified atom stereocenters. The Hall–Kier alpha value is -1.84. The van der Waals surface area contributed by atoms with Crippen molar-refractivity contribution in [2.45, 2.75) is 19.8 Å². The number of carboxylic acid groups (broad SMARTS) is 1. The van der Waals surface area contributed by atoms with Crippen molar-refractivity contribution in [1.29, 1.82) is 0 Å². The summed E-state index contributed by atoms with van der Waals surface area (Å²) in [6, 6.07) is 3.95. The Labute approximate surface area is 87.2 Å². The number of aliphatic carboxylic acids is 1. The first-order chi connectivity index (χ1) is 7.18. The van der Waals surface area contributed by atoms with Crippen LogP contribution in [0, 0.1) is 6.92 Å². The van der Waals surface area contributed by atoms with Gasteiger partial charge in [0.2, 0.25) is 0 Å². The molecule has 1 N–H and O–H groups in total. The lowest BCUT2D eigenvalue weighted by atomic mass is 10.1. The van der Waals surface area contributed by atoms with Gasteiger partial charge in [-0.1, -0.05) is 6.07 Å². The average Bonchev–Trinajstić information content (AvgIpc) is 2.59. The van der Waals surface area contributed by atoms with E-state index in [9.17, 15) is 4.79 Å². The zero-order valence-corrected chi connectivity index (χ0v) is 8.47. The second-order valence-electron chi connectivity index (χ2n) is 3.53. The van der Waals surface area contributed by atoms with Gasteiger partial charge in [0.05, 0.1) is 24.0 Å². The molecule has 0 radical (unpaired) electrons. The van der Waals surface area contributed by atoms with Crippen molar-refractivity contribution in [3.8, 4) is 0 Å². The first kappa shape index (κ1) is 9.71. The average molecular weight is 204 g/mol. The predicted octanol–water partition coefficient (Wildman–Crippen LogP) is 1.66. The summed E-state index contributed by atoms with van der Waals surface area (Å²) in [5, 5.41) is 8.62. The summed E-state index contributed by atoms with van der Waals surface area (Å²) < 4.78 is 1.92.